The number of ether oxygens (including phenoxy) is 1. The van der Waals surface area contributed by atoms with Gasteiger partial charge in [-0.05, 0) is 25.7 Å². The predicted octanol–water partition coefficient (Wildman–Crippen LogP) is 25.7. The van der Waals surface area contributed by atoms with Gasteiger partial charge in [-0.15, -0.1) is 0 Å². The van der Waals surface area contributed by atoms with E-state index in [4.69, 9.17) is 4.74 Å². The number of amides is 1. The van der Waals surface area contributed by atoms with Crippen molar-refractivity contribution in [3.63, 3.8) is 0 Å². The van der Waals surface area contributed by atoms with E-state index in [1.807, 2.05) is 0 Å². The maximum atomic E-state index is 12.5. The molecule has 0 aliphatic rings. The molecular weight excluding hydrogens is 1030 g/mol. The number of aliphatic hydroxyl groups is 2. The highest BCUT2D eigenvalue weighted by Gasteiger charge is 2.20. The maximum absolute atomic E-state index is 12.5. The molecule has 0 spiro atoms. The Morgan fingerprint density at radius 3 is 0.726 bits per heavy atom. The molecule has 0 saturated heterocycles. The summed E-state index contributed by atoms with van der Waals surface area (Å²) in [6, 6.07) is -0.536. The van der Waals surface area contributed by atoms with Gasteiger partial charge in [0.2, 0.25) is 5.91 Å². The summed E-state index contributed by atoms with van der Waals surface area (Å²) in [4.78, 5) is 24.6. The van der Waals surface area contributed by atoms with E-state index in [1.165, 1.54) is 392 Å². The van der Waals surface area contributed by atoms with Crippen LogP contribution in [0.4, 0.5) is 0 Å². The van der Waals surface area contributed by atoms with E-state index in [9.17, 15) is 19.8 Å². The first kappa shape index (κ1) is 82.9. The van der Waals surface area contributed by atoms with Gasteiger partial charge in [0, 0.05) is 12.8 Å². The highest BCUT2D eigenvalue weighted by Crippen LogP contribution is 2.21. The third-order valence-corrected chi connectivity index (χ3v) is 18.9. The second-order valence-corrected chi connectivity index (χ2v) is 27.4. The SMILES string of the molecule is CCCCCCCCCCCCCCCCCCCC(O)C(CO)NC(=O)CCCCCCCCCCCCCCCCCCCCCCCCCCCCCCCCCCCCCCCCCOC(=O)CCCCCCCCCCCCC. The van der Waals surface area contributed by atoms with Crippen LogP contribution in [-0.4, -0.2) is 47.4 Å². The van der Waals surface area contributed by atoms with Crippen molar-refractivity contribution in [1.82, 2.24) is 5.32 Å². The van der Waals surface area contributed by atoms with Crippen LogP contribution in [0.5, 0.6) is 0 Å². The zero-order chi connectivity index (χ0) is 60.6. The number of nitrogens with one attached hydrogen (secondary N) is 1. The first-order chi connectivity index (χ1) is 41.5. The van der Waals surface area contributed by atoms with Crippen molar-refractivity contribution < 1.29 is 24.5 Å². The molecule has 0 radical (unpaired) electrons. The summed E-state index contributed by atoms with van der Waals surface area (Å²) in [5.74, 6) is 0.00101. The Morgan fingerprint density at radius 1 is 0.286 bits per heavy atom. The minimum atomic E-state index is -0.659. The van der Waals surface area contributed by atoms with Crippen molar-refractivity contribution in [3.8, 4) is 0 Å². The number of esters is 1. The van der Waals surface area contributed by atoms with Gasteiger partial charge in [-0.1, -0.05) is 425 Å². The fourth-order valence-corrected chi connectivity index (χ4v) is 12.9. The molecule has 3 N–H and O–H groups in total. The molecule has 0 aliphatic carbocycles. The molecule has 0 aromatic rings. The van der Waals surface area contributed by atoms with Crippen LogP contribution in [0.15, 0.2) is 0 Å². The quantitative estimate of drug-likeness (QED) is 0.0417. The molecule has 0 saturated carbocycles. The lowest BCUT2D eigenvalue weighted by Gasteiger charge is -2.22. The second-order valence-electron chi connectivity index (χ2n) is 27.4. The Labute approximate surface area is 527 Å². The third-order valence-electron chi connectivity index (χ3n) is 18.9. The Kier molecular flexibility index (Phi) is 73.3. The molecule has 0 bridgehead atoms. The molecule has 84 heavy (non-hydrogen) atoms. The van der Waals surface area contributed by atoms with Crippen molar-refractivity contribution in [3.05, 3.63) is 0 Å². The lowest BCUT2D eigenvalue weighted by atomic mass is 10.0. The van der Waals surface area contributed by atoms with Crippen LogP contribution >= 0.6 is 0 Å². The molecule has 0 aromatic carbocycles. The molecule has 502 valence electrons. The van der Waals surface area contributed by atoms with Crippen LogP contribution in [0.2, 0.25) is 0 Å². The topological polar surface area (TPSA) is 95.9 Å². The van der Waals surface area contributed by atoms with E-state index in [0.717, 1.165) is 38.5 Å². The summed E-state index contributed by atoms with van der Waals surface area (Å²) in [5.41, 5.74) is 0. The van der Waals surface area contributed by atoms with E-state index >= 15 is 0 Å². The summed E-state index contributed by atoms with van der Waals surface area (Å²) < 4.78 is 5.48. The molecule has 6 heteroatoms. The Morgan fingerprint density at radius 2 is 0.488 bits per heavy atom. The first-order valence-corrected chi connectivity index (χ1v) is 39.3. The van der Waals surface area contributed by atoms with Crippen LogP contribution in [0, 0.1) is 0 Å². The zero-order valence-corrected chi connectivity index (χ0v) is 57.7. The molecule has 1 amide bonds. The van der Waals surface area contributed by atoms with Gasteiger partial charge in [-0.25, -0.2) is 0 Å². The van der Waals surface area contributed by atoms with Crippen molar-refractivity contribution >= 4 is 11.9 Å². The van der Waals surface area contributed by atoms with Gasteiger partial charge < -0.3 is 20.3 Å². The summed E-state index contributed by atoms with van der Waals surface area (Å²) in [6.45, 7) is 5.00. The molecular formula is C78H155NO5. The smallest absolute Gasteiger partial charge is 0.305 e. The van der Waals surface area contributed by atoms with Crippen molar-refractivity contribution in [2.75, 3.05) is 13.2 Å². The standard InChI is InChI=1S/C78H155NO5/c1-3-5-7-9-11-13-15-16-17-41-44-47-51-54-58-62-66-70-76(81)75(74-80)79-77(82)71-67-63-59-55-52-48-45-42-39-37-35-33-31-29-27-25-23-21-19-18-20-22-24-26-28-30-32-34-36-38-40-43-46-49-53-57-61-65-69-73-84-78(83)72-68-64-60-56-50-14-12-10-8-6-4-2/h75-76,80-81H,3-74H2,1-2H3,(H,79,82). The van der Waals surface area contributed by atoms with Gasteiger partial charge in [-0.2, -0.15) is 0 Å². The average Bonchev–Trinajstić information content (AvgIpc) is 3.52. The Hall–Kier alpha value is -1.14. The molecule has 2 atom stereocenters. The number of hydrogen-bond acceptors (Lipinski definition) is 5. The minimum absolute atomic E-state index is 0.0239. The van der Waals surface area contributed by atoms with Crippen molar-refractivity contribution in [2.45, 2.75) is 475 Å². The van der Waals surface area contributed by atoms with Crippen molar-refractivity contribution in [2.24, 2.45) is 0 Å². The van der Waals surface area contributed by atoms with E-state index in [1.54, 1.807) is 0 Å². The fourth-order valence-electron chi connectivity index (χ4n) is 12.9. The first-order valence-electron chi connectivity index (χ1n) is 39.3. The van der Waals surface area contributed by atoms with Gasteiger partial charge in [-0.3, -0.25) is 9.59 Å². The summed E-state index contributed by atoms with van der Waals surface area (Å²) in [6.07, 6.45) is 92.1. The molecule has 2 unspecified atom stereocenters. The summed E-state index contributed by atoms with van der Waals surface area (Å²) in [7, 11) is 0. The van der Waals surface area contributed by atoms with Crippen LogP contribution in [0.1, 0.15) is 463 Å². The molecule has 0 rings (SSSR count). The number of carbonyl (C=O) groups excluding carboxylic acids is 2. The van der Waals surface area contributed by atoms with Gasteiger partial charge in [0.05, 0.1) is 25.4 Å². The summed E-state index contributed by atoms with van der Waals surface area (Å²) >= 11 is 0. The van der Waals surface area contributed by atoms with Crippen LogP contribution in [0.3, 0.4) is 0 Å². The molecule has 0 heterocycles. The number of carbonyl (C=O) groups is 2. The Balaban J connectivity index is 3.28. The largest absolute Gasteiger partial charge is 0.466 e. The summed E-state index contributed by atoms with van der Waals surface area (Å²) in [5, 5.41) is 23.4. The predicted molar refractivity (Wildman–Crippen MR) is 371 cm³/mol. The van der Waals surface area contributed by atoms with Crippen LogP contribution in [0.25, 0.3) is 0 Å². The molecule has 6 nitrogen and oxygen atoms in total. The third kappa shape index (κ3) is 70.0. The van der Waals surface area contributed by atoms with Gasteiger partial charge in [0.1, 0.15) is 0 Å². The molecule has 0 fully saturated rings. The van der Waals surface area contributed by atoms with E-state index in [0.29, 0.717) is 25.9 Å². The lowest BCUT2D eigenvalue weighted by Crippen LogP contribution is -2.45. The van der Waals surface area contributed by atoms with E-state index < -0.39 is 12.1 Å². The molecule has 0 aromatic heterocycles. The van der Waals surface area contributed by atoms with E-state index in [-0.39, 0.29) is 18.5 Å². The van der Waals surface area contributed by atoms with Gasteiger partial charge in [0.15, 0.2) is 0 Å². The zero-order valence-electron chi connectivity index (χ0n) is 57.7. The maximum Gasteiger partial charge on any atom is 0.305 e. The lowest BCUT2D eigenvalue weighted by molar-refractivity contribution is -0.143. The number of rotatable bonds is 75. The normalized spacial score (nSPS) is 12.4. The highest BCUT2D eigenvalue weighted by molar-refractivity contribution is 5.76. The number of unbranched alkanes of at least 4 members (excludes halogenated alkanes) is 64. The second kappa shape index (κ2) is 74.3. The molecule has 0 aliphatic heterocycles. The van der Waals surface area contributed by atoms with Gasteiger partial charge in [0.25, 0.3) is 0 Å². The minimum Gasteiger partial charge on any atom is -0.466 e. The van der Waals surface area contributed by atoms with E-state index in [2.05, 4.69) is 19.2 Å². The fraction of sp³-hybridized carbons (Fsp3) is 0.974. The average molecular weight is 1190 g/mol. The monoisotopic (exact) mass is 1190 g/mol. The van der Waals surface area contributed by atoms with Crippen molar-refractivity contribution in [1.29, 1.82) is 0 Å². The number of aliphatic hydroxyl groups excluding tert-OH is 2. The van der Waals surface area contributed by atoms with Crippen LogP contribution < -0.4 is 5.32 Å². The van der Waals surface area contributed by atoms with Crippen LogP contribution in [-0.2, 0) is 14.3 Å². The number of hydrogen-bond donors (Lipinski definition) is 3. The highest BCUT2D eigenvalue weighted by atomic mass is 16.5. The van der Waals surface area contributed by atoms with Gasteiger partial charge >= 0.3 is 5.97 Å². The Bertz CT molecular complexity index is 1230.